The van der Waals surface area contributed by atoms with Crippen molar-refractivity contribution >= 4 is 12.0 Å². The molecule has 0 amide bonds. The Morgan fingerprint density at radius 3 is 2.67 bits per heavy atom. The minimum Gasteiger partial charge on any atom is -0.388 e. The molecule has 0 radical (unpaired) electrons. The Bertz CT molecular complexity index is 331. The Balaban J connectivity index is 2.32. The van der Waals surface area contributed by atoms with Gasteiger partial charge in [-0.3, -0.25) is 4.79 Å². The molecule has 0 fully saturated rings. The van der Waals surface area contributed by atoms with E-state index in [4.69, 9.17) is 4.84 Å². The van der Waals surface area contributed by atoms with Gasteiger partial charge >= 0.3 is 0 Å². The monoisotopic (exact) mass is 205 g/mol. The molecule has 15 heavy (non-hydrogen) atoms. The number of oxime groups is 1. The summed E-state index contributed by atoms with van der Waals surface area (Å²) >= 11 is 0. The largest absolute Gasteiger partial charge is 0.388 e. The maximum atomic E-state index is 11.2. The SMILES string of the molecule is CC(C)C(=O)CO/N=C\c1ccccc1. The van der Waals surface area contributed by atoms with Gasteiger partial charge in [0.1, 0.15) is 0 Å². The number of carbonyl (C=O) groups is 1. The number of hydrogen-bond acceptors (Lipinski definition) is 3. The van der Waals surface area contributed by atoms with Crippen LogP contribution in [0.15, 0.2) is 35.5 Å². The summed E-state index contributed by atoms with van der Waals surface area (Å²) in [5, 5.41) is 3.72. The molecule has 80 valence electrons. The van der Waals surface area contributed by atoms with Crippen LogP contribution in [0, 0.1) is 5.92 Å². The van der Waals surface area contributed by atoms with E-state index in [0.29, 0.717) is 0 Å². The molecule has 0 aromatic heterocycles. The lowest BCUT2D eigenvalue weighted by atomic mass is 10.1. The van der Waals surface area contributed by atoms with Gasteiger partial charge in [-0.1, -0.05) is 49.3 Å². The smallest absolute Gasteiger partial charge is 0.175 e. The Hall–Kier alpha value is -1.64. The molecule has 0 unspecified atom stereocenters. The Morgan fingerprint density at radius 2 is 2.07 bits per heavy atom. The number of hydrogen-bond donors (Lipinski definition) is 0. The van der Waals surface area contributed by atoms with Crippen molar-refractivity contribution in [2.45, 2.75) is 13.8 Å². The lowest BCUT2D eigenvalue weighted by molar-refractivity contribution is -0.126. The van der Waals surface area contributed by atoms with E-state index in [1.807, 2.05) is 44.2 Å². The van der Waals surface area contributed by atoms with Gasteiger partial charge < -0.3 is 4.84 Å². The first-order valence-corrected chi connectivity index (χ1v) is 4.93. The molecule has 0 aliphatic heterocycles. The molecule has 1 aromatic carbocycles. The van der Waals surface area contributed by atoms with Crippen LogP contribution in [0.4, 0.5) is 0 Å². The standard InChI is InChI=1S/C12H15NO2/c1-10(2)12(14)9-15-13-8-11-6-4-3-5-7-11/h3-8,10H,9H2,1-2H3/b13-8-. The highest BCUT2D eigenvalue weighted by atomic mass is 16.6. The van der Waals surface area contributed by atoms with Gasteiger partial charge in [0.15, 0.2) is 12.4 Å². The first kappa shape index (κ1) is 11.4. The fourth-order valence-corrected chi connectivity index (χ4v) is 0.905. The van der Waals surface area contributed by atoms with Gasteiger partial charge in [-0.2, -0.15) is 0 Å². The Kier molecular flexibility index (Phi) is 4.54. The van der Waals surface area contributed by atoms with Gasteiger partial charge in [0.2, 0.25) is 0 Å². The second-order valence-electron chi connectivity index (χ2n) is 3.54. The van der Waals surface area contributed by atoms with Crippen LogP contribution < -0.4 is 0 Å². The fraction of sp³-hybridized carbons (Fsp3) is 0.333. The van der Waals surface area contributed by atoms with Gasteiger partial charge in [-0.05, 0) is 5.56 Å². The Labute approximate surface area is 89.7 Å². The molecule has 0 saturated carbocycles. The lowest BCUT2D eigenvalue weighted by Crippen LogP contribution is -2.12. The van der Waals surface area contributed by atoms with Crippen molar-refractivity contribution in [3.05, 3.63) is 35.9 Å². The molecular formula is C12H15NO2. The predicted octanol–water partition coefficient (Wildman–Crippen LogP) is 2.26. The zero-order valence-electron chi connectivity index (χ0n) is 9.01. The van der Waals surface area contributed by atoms with Gasteiger partial charge in [-0.25, -0.2) is 0 Å². The van der Waals surface area contributed by atoms with Gasteiger partial charge in [0.25, 0.3) is 0 Å². The highest BCUT2D eigenvalue weighted by Crippen LogP contribution is 1.96. The highest BCUT2D eigenvalue weighted by molar-refractivity contribution is 5.82. The molecular weight excluding hydrogens is 190 g/mol. The van der Waals surface area contributed by atoms with E-state index in [9.17, 15) is 4.79 Å². The summed E-state index contributed by atoms with van der Waals surface area (Å²) in [5.41, 5.74) is 0.953. The van der Waals surface area contributed by atoms with Crippen molar-refractivity contribution in [1.29, 1.82) is 0 Å². The number of rotatable bonds is 5. The first-order valence-electron chi connectivity index (χ1n) is 4.93. The van der Waals surface area contributed by atoms with Gasteiger partial charge in [0.05, 0.1) is 6.21 Å². The summed E-state index contributed by atoms with van der Waals surface area (Å²) in [6.07, 6.45) is 1.59. The highest BCUT2D eigenvalue weighted by Gasteiger charge is 2.06. The van der Waals surface area contributed by atoms with Crippen LogP contribution in [-0.2, 0) is 9.63 Å². The molecule has 0 spiro atoms. The summed E-state index contributed by atoms with van der Waals surface area (Å²) in [6, 6.07) is 9.59. The third-order valence-corrected chi connectivity index (χ3v) is 1.93. The molecule has 0 bridgehead atoms. The van der Waals surface area contributed by atoms with Crippen LogP contribution in [0.1, 0.15) is 19.4 Å². The van der Waals surface area contributed by atoms with Crippen LogP contribution in [0.25, 0.3) is 0 Å². The number of ketones is 1. The molecule has 0 saturated heterocycles. The number of Topliss-reactive ketones (excluding diaryl/α,β-unsaturated/α-hetero) is 1. The normalized spacial score (nSPS) is 10.9. The average molecular weight is 205 g/mol. The van der Waals surface area contributed by atoms with Crippen LogP contribution in [0.5, 0.6) is 0 Å². The number of nitrogens with zero attached hydrogens (tertiary/aromatic N) is 1. The van der Waals surface area contributed by atoms with Crippen molar-refractivity contribution in [3.63, 3.8) is 0 Å². The first-order chi connectivity index (χ1) is 7.20. The van der Waals surface area contributed by atoms with E-state index in [0.717, 1.165) is 5.56 Å². The van der Waals surface area contributed by atoms with Crippen LogP contribution >= 0.6 is 0 Å². The van der Waals surface area contributed by atoms with Crippen LogP contribution in [0.3, 0.4) is 0 Å². The van der Waals surface area contributed by atoms with Crippen molar-refractivity contribution in [2.24, 2.45) is 11.1 Å². The van der Waals surface area contributed by atoms with E-state index < -0.39 is 0 Å². The topological polar surface area (TPSA) is 38.7 Å². The molecule has 1 rings (SSSR count). The minimum absolute atomic E-state index is 0.00285. The van der Waals surface area contributed by atoms with Crippen molar-refractivity contribution in [3.8, 4) is 0 Å². The summed E-state index contributed by atoms with van der Waals surface area (Å²) in [6.45, 7) is 3.72. The van der Waals surface area contributed by atoms with Gasteiger partial charge in [-0.15, -0.1) is 0 Å². The molecule has 1 aromatic rings. The molecule has 0 N–H and O–H groups in total. The van der Waals surface area contributed by atoms with Crippen molar-refractivity contribution in [1.82, 2.24) is 0 Å². The predicted molar refractivity (Wildman–Crippen MR) is 59.8 cm³/mol. The van der Waals surface area contributed by atoms with E-state index in [-0.39, 0.29) is 18.3 Å². The van der Waals surface area contributed by atoms with E-state index in [1.54, 1.807) is 6.21 Å². The summed E-state index contributed by atoms with van der Waals surface area (Å²) in [5.74, 6) is 0.0529. The maximum absolute atomic E-state index is 11.2. The molecule has 0 aliphatic carbocycles. The fourth-order valence-electron chi connectivity index (χ4n) is 0.905. The number of benzene rings is 1. The zero-order valence-corrected chi connectivity index (χ0v) is 9.01. The van der Waals surface area contributed by atoms with Gasteiger partial charge in [0, 0.05) is 5.92 Å². The van der Waals surface area contributed by atoms with Crippen LogP contribution in [0.2, 0.25) is 0 Å². The zero-order chi connectivity index (χ0) is 11.1. The van der Waals surface area contributed by atoms with Crippen LogP contribution in [-0.4, -0.2) is 18.6 Å². The van der Waals surface area contributed by atoms with E-state index >= 15 is 0 Å². The summed E-state index contributed by atoms with van der Waals surface area (Å²) in [4.78, 5) is 16.0. The molecule has 0 heterocycles. The second kappa shape index (κ2) is 5.96. The third kappa shape index (κ3) is 4.40. The third-order valence-electron chi connectivity index (χ3n) is 1.93. The minimum atomic E-state index is -0.00285. The second-order valence-corrected chi connectivity index (χ2v) is 3.54. The molecule has 3 heteroatoms. The molecule has 0 aliphatic rings. The van der Waals surface area contributed by atoms with Crippen molar-refractivity contribution in [2.75, 3.05) is 6.61 Å². The van der Waals surface area contributed by atoms with E-state index in [2.05, 4.69) is 5.16 Å². The number of carbonyl (C=O) groups excluding carboxylic acids is 1. The van der Waals surface area contributed by atoms with Crippen molar-refractivity contribution < 1.29 is 9.63 Å². The maximum Gasteiger partial charge on any atom is 0.175 e. The molecule has 3 nitrogen and oxygen atoms in total. The average Bonchev–Trinajstić information content (AvgIpc) is 2.25. The Morgan fingerprint density at radius 1 is 1.40 bits per heavy atom. The summed E-state index contributed by atoms with van der Waals surface area (Å²) in [7, 11) is 0. The molecule has 0 atom stereocenters. The van der Waals surface area contributed by atoms with E-state index in [1.165, 1.54) is 0 Å². The summed E-state index contributed by atoms with van der Waals surface area (Å²) < 4.78 is 0. The quantitative estimate of drug-likeness (QED) is 0.546. The lowest BCUT2D eigenvalue weighted by Gasteiger charge is -2.01.